The molecule has 3 rings (SSSR count). The zero-order valence-corrected chi connectivity index (χ0v) is 17.3. The molecule has 142 valence electrons. The lowest BCUT2D eigenvalue weighted by Gasteiger charge is -2.13. The molecule has 2 aromatic heterocycles. The minimum absolute atomic E-state index is 0.354. The van der Waals surface area contributed by atoms with Crippen molar-refractivity contribution in [3.63, 3.8) is 0 Å². The van der Waals surface area contributed by atoms with Gasteiger partial charge in [-0.3, -0.25) is 9.40 Å². The summed E-state index contributed by atoms with van der Waals surface area (Å²) in [6.45, 7) is 1.94. The molecule has 0 saturated carbocycles. The molecular weight excluding hydrogens is 434 g/mol. The van der Waals surface area contributed by atoms with E-state index in [1.54, 1.807) is 35.1 Å². The van der Waals surface area contributed by atoms with E-state index in [9.17, 15) is 8.42 Å². The van der Waals surface area contributed by atoms with Crippen molar-refractivity contribution in [2.45, 2.75) is 6.92 Å². The van der Waals surface area contributed by atoms with Crippen molar-refractivity contribution in [1.82, 2.24) is 19.7 Å². The van der Waals surface area contributed by atoms with Gasteiger partial charge in [0.15, 0.2) is 5.82 Å². The van der Waals surface area contributed by atoms with Gasteiger partial charge in [0.2, 0.25) is 16.0 Å². The summed E-state index contributed by atoms with van der Waals surface area (Å²) in [5.74, 6) is 1.46. The van der Waals surface area contributed by atoms with Gasteiger partial charge in [-0.2, -0.15) is 10.1 Å². The Bertz CT molecular complexity index is 1060. The largest absolute Gasteiger partial charge is 0.337 e. The highest BCUT2D eigenvalue weighted by atomic mass is 79.9. The van der Waals surface area contributed by atoms with Gasteiger partial charge >= 0.3 is 0 Å². The highest BCUT2D eigenvalue weighted by Gasteiger charge is 2.11. The minimum Gasteiger partial charge on any atom is -0.337 e. The van der Waals surface area contributed by atoms with Crippen LogP contribution in [-0.4, -0.2) is 34.4 Å². The zero-order valence-electron chi connectivity index (χ0n) is 14.9. The molecule has 2 heterocycles. The Balaban J connectivity index is 1.87. The monoisotopic (exact) mass is 451 g/mol. The molecule has 0 radical (unpaired) electrons. The van der Waals surface area contributed by atoms with E-state index in [4.69, 9.17) is 0 Å². The standard InChI is InChI=1S/C16H18BrN7O2S/c1-10-8-14(22-24(10)2)20-16-18-9-11(17)15(21-16)19-12-6-4-5-7-13(12)23-27(3,25)26/h4-9,23H,1-3H3,(H2,18,19,20,21,22). The first kappa shape index (κ1) is 19.1. The van der Waals surface area contributed by atoms with Crippen molar-refractivity contribution in [1.29, 1.82) is 0 Å². The fourth-order valence-electron chi connectivity index (χ4n) is 2.26. The third kappa shape index (κ3) is 4.95. The van der Waals surface area contributed by atoms with Crippen molar-refractivity contribution >= 4 is 54.9 Å². The smallest absolute Gasteiger partial charge is 0.230 e. The zero-order chi connectivity index (χ0) is 19.6. The predicted molar refractivity (Wildman–Crippen MR) is 109 cm³/mol. The summed E-state index contributed by atoms with van der Waals surface area (Å²) >= 11 is 3.40. The van der Waals surface area contributed by atoms with Crippen LogP contribution in [0.15, 0.2) is 41.0 Å². The van der Waals surface area contributed by atoms with Crippen LogP contribution in [0.4, 0.5) is 29.0 Å². The number of halogens is 1. The minimum atomic E-state index is -3.41. The summed E-state index contributed by atoms with van der Waals surface area (Å²) < 4.78 is 28.0. The summed E-state index contributed by atoms with van der Waals surface area (Å²) in [4.78, 5) is 8.66. The SMILES string of the molecule is Cc1cc(Nc2ncc(Br)c(Nc3ccccc3NS(C)(=O)=O)n2)nn1C. The second-order valence-electron chi connectivity index (χ2n) is 5.85. The Labute approximate surface area is 165 Å². The highest BCUT2D eigenvalue weighted by molar-refractivity contribution is 9.10. The van der Waals surface area contributed by atoms with Gasteiger partial charge in [-0.05, 0) is 35.0 Å². The van der Waals surface area contributed by atoms with E-state index in [0.29, 0.717) is 33.4 Å². The van der Waals surface area contributed by atoms with Gasteiger partial charge in [0.1, 0.15) is 5.82 Å². The first-order valence-electron chi connectivity index (χ1n) is 7.85. The van der Waals surface area contributed by atoms with Gasteiger partial charge < -0.3 is 10.6 Å². The number of rotatable bonds is 6. The van der Waals surface area contributed by atoms with E-state index < -0.39 is 10.0 Å². The lowest BCUT2D eigenvalue weighted by Crippen LogP contribution is -2.11. The molecule has 0 saturated heterocycles. The third-order valence-corrected chi connectivity index (χ3v) is 4.74. The van der Waals surface area contributed by atoms with E-state index in [0.717, 1.165) is 11.9 Å². The number of aryl methyl sites for hydroxylation is 2. The second kappa shape index (κ2) is 7.53. The molecule has 3 N–H and O–H groups in total. The number of hydrogen-bond acceptors (Lipinski definition) is 7. The maximum Gasteiger partial charge on any atom is 0.230 e. The maximum atomic E-state index is 11.6. The first-order chi connectivity index (χ1) is 12.7. The second-order valence-corrected chi connectivity index (χ2v) is 8.46. The number of para-hydroxylation sites is 2. The van der Waals surface area contributed by atoms with Gasteiger partial charge in [0.25, 0.3) is 0 Å². The van der Waals surface area contributed by atoms with Crippen LogP contribution in [0, 0.1) is 6.92 Å². The number of sulfonamides is 1. The molecule has 0 fully saturated rings. The quantitative estimate of drug-likeness (QED) is 0.527. The van der Waals surface area contributed by atoms with Crippen molar-refractivity contribution in [3.8, 4) is 0 Å². The van der Waals surface area contributed by atoms with E-state index in [-0.39, 0.29) is 0 Å². The fraction of sp³-hybridized carbons (Fsp3) is 0.188. The van der Waals surface area contributed by atoms with E-state index in [1.165, 1.54) is 0 Å². The van der Waals surface area contributed by atoms with Crippen LogP contribution in [-0.2, 0) is 17.1 Å². The van der Waals surface area contributed by atoms with Crippen LogP contribution in [0.25, 0.3) is 0 Å². The topological polar surface area (TPSA) is 114 Å². The Morgan fingerprint density at radius 2 is 1.85 bits per heavy atom. The van der Waals surface area contributed by atoms with Crippen LogP contribution >= 0.6 is 15.9 Å². The molecule has 0 bridgehead atoms. The van der Waals surface area contributed by atoms with Crippen molar-refractivity contribution < 1.29 is 8.42 Å². The van der Waals surface area contributed by atoms with Crippen LogP contribution < -0.4 is 15.4 Å². The molecule has 0 aliphatic rings. The molecule has 1 aromatic carbocycles. The number of hydrogen-bond donors (Lipinski definition) is 3. The van der Waals surface area contributed by atoms with Gasteiger partial charge in [0, 0.05) is 25.0 Å². The molecular formula is C16H18BrN7O2S. The van der Waals surface area contributed by atoms with Gasteiger partial charge in [-0.1, -0.05) is 12.1 Å². The average molecular weight is 452 g/mol. The van der Waals surface area contributed by atoms with E-state index in [2.05, 4.69) is 46.4 Å². The van der Waals surface area contributed by atoms with Gasteiger partial charge in [0.05, 0.1) is 22.1 Å². The Morgan fingerprint density at radius 3 is 2.48 bits per heavy atom. The Morgan fingerprint density at radius 1 is 1.15 bits per heavy atom. The number of nitrogens with zero attached hydrogens (tertiary/aromatic N) is 4. The van der Waals surface area contributed by atoms with E-state index >= 15 is 0 Å². The van der Waals surface area contributed by atoms with Crippen LogP contribution in [0.5, 0.6) is 0 Å². The molecule has 0 unspecified atom stereocenters. The van der Waals surface area contributed by atoms with Crippen molar-refractivity contribution in [2.75, 3.05) is 21.6 Å². The average Bonchev–Trinajstić information content (AvgIpc) is 2.89. The van der Waals surface area contributed by atoms with Crippen molar-refractivity contribution in [3.05, 3.63) is 46.7 Å². The predicted octanol–water partition coefficient (Wildman–Crippen LogP) is 3.14. The number of anilines is 5. The Hall–Kier alpha value is -2.66. The Kier molecular flexibility index (Phi) is 5.33. The maximum absolute atomic E-state index is 11.6. The van der Waals surface area contributed by atoms with Gasteiger partial charge in [-0.15, -0.1) is 0 Å². The number of benzene rings is 1. The van der Waals surface area contributed by atoms with Crippen LogP contribution in [0.3, 0.4) is 0 Å². The number of nitrogens with one attached hydrogen (secondary N) is 3. The summed E-state index contributed by atoms with van der Waals surface area (Å²) in [5, 5.41) is 10.5. The van der Waals surface area contributed by atoms with Crippen LogP contribution in [0.1, 0.15) is 5.69 Å². The molecule has 9 nitrogen and oxygen atoms in total. The first-order valence-corrected chi connectivity index (χ1v) is 10.5. The third-order valence-electron chi connectivity index (χ3n) is 3.57. The summed E-state index contributed by atoms with van der Waals surface area (Å²) in [6, 6.07) is 8.82. The molecule has 11 heteroatoms. The molecule has 0 spiro atoms. The number of aromatic nitrogens is 4. The highest BCUT2D eigenvalue weighted by Crippen LogP contribution is 2.29. The molecule has 0 aliphatic heterocycles. The molecule has 0 aliphatic carbocycles. The fourth-order valence-corrected chi connectivity index (χ4v) is 3.13. The van der Waals surface area contributed by atoms with E-state index in [1.807, 2.05) is 20.0 Å². The summed E-state index contributed by atoms with van der Waals surface area (Å²) in [5.41, 5.74) is 1.97. The van der Waals surface area contributed by atoms with Crippen LogP contribution in [0.2, 0.25) is 0 Å². The lowest BCUT2D eigenvalue weighted by atomic mass is 10.2. The summed E-state index contributed by atoms with van der Waals surface area (Å²) in [6.07, 6.45) is 2.70. The normalized spacial score (nSPS) is 11.3. The molecule has 27 heavy (non-hydrogen) atoms. The molecule has 0 amide bonds. The molecule has 3 aromatic rings. The molecule has 0 atom stereocenters. The lowest BCUT2D eigenvalue weighted by molar-refractivity contribution is 0.607. The summed E-state index contributed by atoms with van der Waals surface area (Å²) in [7, 11) is -1.56. The van der Waals surface area contributed by atoms with Crippen molar-refractivity contribution in [2.24, 2.45) is 7.05 Å². The van der Waals surface area contributed by atoms with Gasteiger partial charge in [-0.25, -0.2) is 13.4 Å².